The van der Waals surface area contributed by atoms with E-state index in [0.717, 1.165) is 39.4 Å². The molecule has 1 atom stereocenters. The number of pyridine rings is 1. The van der Waals surface area contributed by atoms with Gasteiger partial charge in [-0.1, -0.05) is 42.3 Å². The summed E-state index contributed by atoms with van der Waals surface area (Å²) in [5, 5.41) is 2.49. The molecule has 1 aliphatic rings. The fourth-order valence-corrected chi connectivity index (χ4v) is 3.39. The van der Waals surface area contributed by atoms with E-state index in [-0.39, 0.29) is 0 Å². The topological polar surface area (TPSA) is 12.9 Å². The number of halogens is 2. The maximum Gasteiger partial charge on any atom is 0.0909 e. The second-order valence-electron chi connectivity index (χ2n) is 4.60. The smallest absolute Gasteiger partial charge is 0.0909 e. The Labute approximate surface area is 116 Å². The summed E-state index contributed by atoms with van der Waals surface area (Å²) in [6.45, 7) is 2.19. The van der Waals surface area contributed by atoms with Crippen LogP contribution in [-0.2, 0) is 0 Å². The molecule has 1 aliphatic carbocycles. The molecule has 92 valence electrons. The van der Waals surface area contributed by atoms with Gasteiger partial charge in [0.25, 0.3) is 0 Å². The molecule has 3 rings (SSSR count). The highest BCUT2D eigenvalue weighted by molar-refractivity contribution is 6.41. The van der Waals surface area contributed by atoms with Crippen LogP contribution in [-0.4, -0.2) is 4.98 Å². The predicted molar refractivity (Wildman–Crippen MR) is 78.4 cm³/mol. The van der Waals surface area contributed by atoms with Crippen LogP contribution >= 0.6 is 23.2 Å². The number of aromatic nitrogens is 1. The summed E-state index contributed by atoms with van der Waals surface area (Å²) < 4.78 is 0. The van der Waals surface area contributed by atoms with Crippen molar-refractivity contribution in [3.8, 4) is 0 Å². The quantitative estimate of drug-likeness (QED) is 0.675. The zero-order valence-electron chi connectivity index (χ0n) is 10.1. The lowest BCUT2D eigenvalue weighted by Crippen LogP contribution is -2.05. The van der Waals surface area contributed by atoms with Gasteiger partial charge in [-0.05, 0) is 42.0 Å². The first-order chi connectivity index (χ1) is 8.74. The van der Waals surface area contributed by atoms with Gasteiger partial charge < -0.3 is 0 Å². The Balaban J connectivity index is 2.43. The van der Waals surface area contributed by atoms with Gasteiger partial charge in [0.1, 0.15) is 0 Å². The third-order valence-electron chi connectivity index (χ3n) is 3.62. The first-order valence-electron chi connectivity index (χ1n) is 6.16. The van der Waals surface area contributed by atoms with E-state index in [1.807, 2.05) is 12.1 Å². The molecule has 1 nitrogen and oxygen atoms in total. The minimum atomic E-state index is 0.458. The average molecular weight is 278 g/mol. The van der Waals surface area contributed by atoms with E-state index in [2.05, 4.69) is 24.1 Å². The Bertz CT molecular complexity index is 646. The zero-order valence-corrected chi connectivity index (χ0v) is 11.6. The van der Waals surface area contributed by atoms with Crippen molar-refractivity contribution in [3.63, 3.8) is 0 Å². The lowest BCUT2D eigenvalue weighted by Gasteiger charge is -2.24. The van der Waals surface area contributed by atoms with E-state index in [4.69, 9.17) is 23.2 Å². The number of allylic oxidation sites excluding steroid dienone is 1. The van der Waals surface area contributed by atoms with Gasteiger partial charge in [0.2, 0.25) is 0 Å². The van der Waals surface area contributed by atoms with Crippen molar-refractivity contribution in [2.75, 3.05) is 0 Å². The molecule has 0 fully saturated rings. The van der Waals surface area contributed by atoms with Crippen LogP contribution in [0, 0.1) is 0 Å². The number of fused-ring (bicyclic) bond motifs is 2. The molecular weight excluding hydrogens is 265 g/mol. The standard InChI is InChI=1S/C15H13Cl2N/c1-2-9-5-3-6-10-12(9)13(16)11-7-4-8-18-15(11)14(10)17/h3-4,6-9H,2,5H2,1H3. The van der Waals surface area contributed by atoms with Crippen LogP contribution in [0.2, 0.25) is 10.0 Å². The van der Waals surface area contributed by atoms with Crippen LogP contribution in [0.1, 0.15) is 36.8 Å². The molecule has 0 N–H and O–H groups in total. The van der Waals surface area contributed by atoms with Gasteiger partial charge in [-0.3, -0.25) is 4.98 Å². The maximum absolute atomic E-state index is 6.57. The monoisotopic (exact) mass is 277 g/mol. The van der Waals surface area contributed by atoms with E-state index in [0.29, 0.717) is 5.92 Å². The second kappa shape index (κ2) is 4.56. The molecule has 1 unspecified atom stereocenters. The molecule has 0 bridgehead atoms. The SMILES string of the molecule is CCC1CC=Cc2c1c(Cl)c1cccnc1c2Cl. The van der Waals surface area contributed by atoms with Gasteiger partial charge in [-0.25, -0.2) is 0 Å². The number of nitrogens with zero attached hydrogens (tertiary/aromatic N) is 1. The van der Waals surface area contributed by atoms with Gasteiger partial charge in [-0.2, -0.15) is 0 Å². The van der Waals surface area contributed by atoms with Gasteiger partial charge >= 0.3 is 0 Å². The summed E-state index contributed by atoms with van der Waals surface area (Å²) in [5.74, 6) is 0.458. The summed E-state index contributed by atoms with van der Waals surface area (Å²) >= 11 is 13.1. The number of hydrogen-bond donors (Lipinski definition) is 0. The fourth-order valence-electron chi connectivity index (χ4n) is 2.67. The third kappa shape index (κ3) is 1.65. The maximum atomic E-state index is 6.57. The summed E-state index contributed by atoms with van der Waals surface area (Å²) in [7, 11) is 0. The second-order valence-corrected chi connectivity index (χ2v) is 5.35. The molecule has 1 aromatic carbocycles. The molecule has 0 amide bonds. The minimum Gasteiger partial charge on any atom is -0.255 e. The molecule has 18 heavy (non-hydrogen) atoms. The summed E-state index contributed by atoms with van der Waals surface area (Å²) in [4.78, 5) is 4.35. The van der Waals surface area contributed by atoms with Crippen LogP contribution in [0.3, 0.4) is 0 Å². The Kier molecular flexibility index (Phi) is 3.04. The molecule has 0 saturated carbocycles. The molecule has 0 saturated heterocycles. The van der Waals surface area contributed by atoms with E-state index >= 15 is 0 Å². The van der Waals surface area contributed by atoms with E-state index < -0.39 is 0 Å². The van der Waals surface area contributed by atoms with Crippen LogP contribution in [0.5, 0.6) is 0 Å². The van der Waals surface area contributed by atoms with Crippen molar-refractivity contribution >= 4 is 40.2 Å². The van der Waals surface area contributed by atoms with Gasteiger partial charge in [0.15, 0.2) is 0 Å². The highest BCUT2D eigenvalue weighted by Crippen LogP contribution is 2.44. The summed E-state index contributed by atoms with van der Waals surface area (Å²) in [6, 6.07) is 3.89. The lowest BCUT2D eigenvalue weighted by molar-refractivity contribution is 0.669. The molecule has 0 aliphatic heterocycles. The Morgan fingerprint density at radius 2 is 2.17 bits per heavy atom. The van der Waals surface area contributed by atoms with Gasteiger partial charge in [0, 0.05) is 11.6 Å². The molecule has 1 aromatic heterocycles. The average Bonchev–Trinajstić information content (AvgIpc) is 2.44. The normalized spacial score (nSPS) is 18.1. The molecule has 0 spiro atoms. The number of hydrogen-bond acceptors (Lipinski definition) is 1. The van der Waals surface area contributed by atoms with Crippen molar-refractivity contribution in [1.29, 1.82) is 0 Å². The largest absolute Gasteiger partial charge is 0.255 e. The molecule has 2 aromatic rings. The van der Waals surface area contributed by atoms with Crippen molar-refractivity contribution in [3.05, 3.63) is 45.6 Å². The Morgan fingerprint density at radius 1 is 1.33 bits per heavy atom. The number of rotatable bonds is 1. The summed E-state index contributed by atoms with van der Waals surface area (Å²) in [5.41, 5.74) is 3.03. The van der Waals surface area contributed by atoms with Gasteiger partial charge in [0.05, 0.1) is 15.6 Å². The van der Waals surface area contributed by atoms with Crippen molar-refractivity contribution in [2.45, 2.75) is 25.7 Å². The molecule has 3 heteroatoms. The Morgan fingerprint density at radius 3 is 2.94 bits per heavy atom. The Hall–Kier alpha value is -1.05. The fraction of sp³-hybridized carbons (Fsp3) is 0.267. The predicted octanol–water partition coefficient (Wildman–Crippen LogP) is 5.45. The first kappa shape index (κ1) is 12.0. The van der Waals surface area contributed by atoms with Crippen molar-refractivity contribution < 1.29 is 0 Å². The zero-order chi connectivity index (χ0) is 12.7. The van der Waals surface area contributed by atoms with Crippen LogP contribution in [0.15, 0.2) is 24.4 Å². The molecule has 0 radical (unpaired) electrons. The molecular formula is C15H13Cl2N. The number of benzene rings is 1. The van der Waals surface area contributed by atoms with Crippen LogP contribution in [0.25, 0.3) is 17.0 Å². The lowest BCUT2D eigenvalue weighted by atomic mass is 9.84. The molecule has 1 heterocycles. The van der Waals surface area contributed by atoms with Gasteiger partial charge in [-0.15, -0.1) is 0 Å². The van der Waals surface area contributed by atoms with Crippen molar-refractivity contribution in [2.24, 2.45) is 0 Å². The first-order valence-corrected chi connectivity index (χ1v) is 6.91. The third-order valence-corrected chi connectivity index (χ3v) is 4.41. The highest BCUT2D eigenvalue weighted by atomic mass is 35.5. The van der Waals surface area contributed by atoms with E-state index in [9.17, 15) is 0 Å². The summed E-state index contributed by atoms with van der Waals surface area (Å²) in [6.07, 6.45) is 8.10. The van der Waals surface area contributed by atoms with Crippen LogP contribution in [0.4, 0.5) is 0 Å². The highest BCUT2D eigenvalue weighted by Gasteiger charge is 2.23. The van der Waals surface area contributed by atoms with Crippen LogP contribution < -0.4 is 0 Å². The van der Waals surface area contributed by atoms with Crippen molar-refractivity contribution in [1.82, 2.24) is 4.98 Å². The van der Waals surface area contributed by atoms with E-state index in [1.165, 1.54) is 5.56 Å². The minimum absolute atomic E-state index is 0.458. The van der Waals surface area contributed by atoms with E-state index in [1.54, 1.807) is 6.20 Å².